The Labute approximate surface area is 138 Å². The number of piperidine rings is 1. The topological polar surface area (TPSA) is 53.4 Å². The monoisotopic (exact) mass is 319 g/mol. The van der Waals surface area contributed by atoms with E-state index in [2.05, 4.69) is 15.3 Å². The Kier molecular flexibility index (Phi) is 5.67. The zero-order valence-electron chi connectivity index (χ0n) is 14.2. The summed E-state index contributed by atoms with van der Waals surface area (Å²) >= 11 is 0. The van der Waals surface area contributed by atoms with E-state index in [-0.39, 0.29) is 5.91 Å². The molecule has 23 heavy (non-hydrogen) atoms. The van der Waals surface area contributed by atoms with Crippen molar-refractivity contribution in [2.75, 3.05) is 39.8 Å². The highest BCUT2D eigenvalue weighted by molar-refractivity contribution is 5.78. The number of likely N-dealkylation sites (N-methyl/N-ethyl adjacent to an activating group) is 1. The van der Waals surface area contributed by atoms with Gasteiger partial charge < -0.3 is 15.1 Å². The molecule has 0 atom stereocenters. The summed E-state index contributed by atoms with van der Waals surface area (Å²) in [5.74, 6) is 1.06. The first-order valence-corrected chi connectivity index (χ1v) is 8.88. The molecule has 2 fully saturated rings. The van der Waals surface area contributed by atoms with Crippen LogP contribution in [0, 0.1) is 5.92 Å². The van der Waals surface area contributed by atoms with E-state index in [1.165, 1.54) is 12.8 Å². The second-order valence-electron chi connectivity index (χ2n) is 6.92. The highest BCUT2D eigenvalue weighted by atomic mass is 16.2. The van der Waals surface area contributed by atoms with Gasteiger partial charge in [-0.05, 0) is 44.2 Å². The molecule has 2 heterocycles. The van der Waals surface area contributed by atoms with E-state index >= 15 is 0 Å². The Morgan fingerprint density at radius 1 is 1.26 bits per heavy atom. The first kappa shape index (κ1) is 16.5. The number of carbonyl (C=O) groups is 1. The summed E-state index contributed by atoms with van der Waals surface area (Å²) in [5.41, 5.74) is 0. The minimum absolute atomic E-state index is 0.237. The van der Waals surface area contributed by atoms with Crippen molar-refractivity contribution in [3.8, 4) is 0 Å². The fraction of sp³-hybridized carbons (Fsp3) is 0.765. The molecule has 1 aliphatic carbocycles. The van der Waals surface area contributed by atoms with E-state index in [0.29, 0.717) is 12.6 Å². The Hall–Kier alpha value is -1.40. The zero-order chi connectivity index (χ0) is 16.1. The van der Waals surface area contributed by atoms with Crippen LogP contribution in [0.3, 0.4) is 0 Å². The SMILES string of the molecule is CN(C(=O)CNCC1CC1)C1CCN(CCn2cccn2)CC1. The van der Waals surface area contributed by atoms with Crippen LogP contribution in [-0.2, 0) is 11.3 Å². The molecule has 1 saturated carbocycles. The zero-order valence-corrected chi connectivity index (χ0v) is 14.2. The number of amides is 1. The lowest BCUT2D eigenvalue weighted by Crippen LogP contribution is -2.48. The Morgan fingerprint density at radius 2 is 2.04 bits per heavy atom. The van der Waals surface area contributed by atoms with Crippen LogP contribution in [0.2, 0.25) is 0 Å². The van der Waals surface area contributed by atoms with Gasteiger partial charge in [0.2, 0.25) is 5.91 Å². The maximum absolute atomic E-state index is 12.2. The summed E-state index contributed by atoms with van der Waals surface area (Å²) in [6, 6.07) is 2.36. The second-order valence-corrected chi connectivity index (χ2v) is 6.92. The van der Waals surface area contributed by atoms with Crippen LogP contribution in [0.15, 0.2) is 18.5 Å². The second kappa shape index (κ2) is 7.93. The summed E-state index contributed by atoms with van der Waals surface area (Å²) in [4.78, 5) is 16.7. The molecule has 128 valence electrons. The van der Waals surface area contributed by atoms with E-state index < -0.39 is 0 Å². The minimum atomic E-state index is 0.237. The van der Waals surface area contributed by atoms with E-state index in [4.69, 9.17) is 0 Å². The van der Waals surface area contributed by atoms with E-state index in [1.807, 2.05) is 35.1 Å². The van der Waals surface area contributed by atoms with Gasteiger partial charge in [0.1, 0.15) is 0 Å². The predicted octanol–water partition coefficient (Wildman–Crippen LogP) is 0.806. The Bertz CT molecular complexity index is 477. The van der Waals surface area contributed by atoms with Gasteiger partial charge in [0.05, 0.1) is 13.1 Å². The largest absolute Gasteiger partial charge is 0.342 e. The van der Waals surface area contributed by atoms with Crippen molar-refractivity contribution in [1.82, 2.24) is 24.9 Å². The normalized spacial score (nSPS) is 19.9. The molecule has 0 unspecified atom stereocenters. The van der Waals surface area contributed by atoms with Crippen LogP contribution in [0.4, 0.5) is 0 Å². The number of hydrogen-bond donors (Lipinski definition) is 1. The third-order valence-electron chi connectivity index (χ3n) is 5.11. The van der Waals surface area contributed by atoms with Crippen molar-refractivity contribution in [1.29, 1.82) is 0 Å². The van der Waals surface area contributed by atoms with Gasteiger partial charge in [-0.3, -0.25) is 9.48 Å². The van der Waals surface area contributed by atoms with Gasteiger partial charge in [0.15, 0.2) is 0 Å². The molecule has 1 aliphatic heterocycles. The molecule has 2 aliphatic rings. The van der Waals surface area contributed by atoms with E-state index in [9.17, 15) is 4.79 Å². The highest BCUT2D eigenvalue weighted by Gasteiger charge is 2.26. The number of nitrogens with one attached hydrogen (secondary N) is 1. The number of carbonyl (C=O) groups excluding carboxylic acids is 1. The lowest BCUT2D eigenvalue weighted by atomic mass is 10.0. The molecule has 0 radical (unpaired) electrons. The maximum Gasteiger partial charge on any atom is 0.236 e. The molecule has 6 nitrogen and oxygen atoms in total. The Balaban J connectivity index is 1.33. The van der Waals surface area contributed by atoms with Crippen molar-refractivity contribution in [2.24, 2.45) is 5.92 Å². The van der Waals surface area contributed by atoms with Gasteiger partial charge >= 0.3 is 0 Å². The number of likely N-dealkylation sites (tertiary alicyclic amines) is 1. The maximum atomic E-state index is 12.2. The van der Waals surface area contributed by atoms with Gasteiger partial charge in [-0.1, -0.05) is 0 Å². The smallest absolute Gasteiger partial charge is 0.236 e. The number of rotatable bonds is 8. The third kappa shape index (κ3) is 5.04. The molecule has 1 aromatic rings. The van der Waals surface area contributed by atoms with Crippen molar-refractivity contribution < 1.29 is 4.79 Å². The molecule has 0 aromatic carbocycles. The fourth-order valence-corrected chi connectivity index (χ4v) is 3.24. The van der Waals surface area contributed by atoms with Crippen LogP contribution in [0.5, 0.6) is 0 Å². The quantitative estimate of drug-likeness (QED) is 0.770. The van der Waals surface area contributed by atoms with Crippen LogP contribution >= 0.6 is 0 Å². The molecule has 0 spiro atoms. The summed E-state index contributed by atoms with van der Waals surface area (Å²) in [6.07, 6.45) is 8.63. The van der Waals surface area contributed by atoms with Gasteiger partial charge in [0.25, 0.3) is 0 Å². The average molecular weight is 319 g/mol. The molecular weight excluding hydrogens is 290 g/mol. The molecule has 1 amide bonds. The molecule has 1 aromatic heterocycles. The lowest BCUT2D eigenvalue weighted by molar-refractivity contribution is -0.131. The van der Waals surface area contributed by atoms with Crippen molar-refractivity contribution in [2.45, 2.75) is 38.3 Å². The Morgan fingerprint density at radius 3 is 2.70 bits per heavy atom. The van der Waals surface area contributed by atoms with Crippen LogP contribution in [-0.4, -0.2) is 71.3 Å². The molecular formula is C17H29N5O. The van der Waals surface area contributed by atoms with Crippen molar-refractivity contribution in [3.05, 3.63) is 18.5 Å². The van der Waals surface area contributed by atoms with Crippen molar-refractivity contribution >= 4 is 5.91 Å². The van der Waals surface area contributed by atoms with E-state index in [1.54, 1.807) is 0 Å². The third-order valence-corrected chi connectivity index (χ3v) is 5.11. The predicted molar refractivity (Wildman–Crippen MR) is 90.1 cm³/mol. The molecule has 1 N–H and O–H groups in total. The van der Waals surface area contributed by atoms with Gasteiger partial charge in [0, 0.05) is 45.1 Å². The highest BCUT2D eigenvalue weighted by Crippen LogP contribution is 2.27. The van der Waals surface area contributed by atoms with Gasteiger partial charge in [-0.25, -0.2) is 0 Å². The minimum Gasteiger partial charge on any atom is -0.342 e. The average Bonchev–Trinajstić information content (AvgIpc) is 3.25. The van der Waals surface area contributed by atoms with Gasteiger partial charge in [-0.15, -0.1) is 0 Å². The first-order chi connectivity index (χ1) is 11.2. The summed E-state index contributed by atoms with van der Waals surface area (Å²) in [5, 5.41) is 7.54. The molecule has 3 rings (SSSR count). The summed E-state index contributed by atoms with van der Waals surface area (Å²) in [7, 11) is 1.96. The van der Waals surface area contributed by atoms with E-state index in [0.717, 1.165) is 51.5 Å². The van der Waals surface area contributed by atoms with Crippen molar-refractivity contribution in [3.63, 3.8) is 0 Å². The van der Waals surface area contributed by atoms with Crippen LogP contribution in [0.1, 0.15) is 25.7 Å². The lowest BCUT2D eigenvalue weighted by Gasteiger charge is -2.36. The van der Waals surface area contributed by atoms with Crippen LogP contribution in [0.25, 0.3) is 0 Å². The molecule has 6 heteroatoms. The summed E-state index contributed by atoms with van der Waals surface area (Å²) < 4.78 is 1.98. The standard InChI is InChI=1S/C17H29N5O/c1-20(17(23)14-18-13-15-3-4-15)16-5-9-21(10-6-16)11-12-22-8-2-7-19-22/h2,7-8,15-16,18H,3-6,9-14H2,1H3. The number of nitrogens with zero attached hydrogens (tertiary/aromatic N) is 4. The number of aromatic nitrogens is 2. The first-order valence-electron chi connectivity index (χ1n) is 8.88. The van der Waals surface area contributed by atoms with Gasteiger partial charge in [-0.2, -0.15) is 5.10 Å². The molecule has 1 saturated heterocycles. The summed E-state index contributed by atoms with van der Waals surface area (Å²) in [6.45, 7) is 5.61. The molecule has 0 bridgehead atoms. The number of hydrogen-bond acceptors (Lipinski definition) is 4. The van der Waals surface area contributed by atoms with Crippen LogP contribution < -0.4 is 5.32 Å². The fourth-order valence-electron chi connectivity index (χ4n) is 3.24.